The Morgan fingerprint density at radius 3 is 2.38 bits per heavy atom. The summed E-state index contributed by atoms with van der Waals surface area (Å²) in [6.45, 7) is 7.21. The van der Waals surface area contributed by atoms with E-state index in [9.17, 15) is 0 Å². The Bertz CT molecular complexity index is 612. The van der Waals surface area contributed by atoms with Gasteiger partial charge in [0.15, 0.2) is 5.82 Å². The van der Waals surface area contributed by atoms with E-state index in [1.165, 1.54) is 0 Å². The monoisotopic (exact) mass is 397 g/mol. The predicted molar refractivity (Wildman–Crippen MR) is 95.0 cm³/mol. The Morgan fingerprint density at radius 1 is 1.19 bits per heavy atom. The van der Waals surface area contributed by atoms with Crippen molar-refractivity contribution in [2.75, 3.05) is 19.0 Å². The third-order valence-electron chi connectivity index (χ3n) is 3.12. The zero-order valence-corrected chi connectivity index (χ0v) is 14.9. The number of nitrogens with one attached hydrogen (secondary N) is 1. The molecule has 2 rings (SSSR count). The van der Waals surface area contributed by atoms with Gasteiger partial charge in [-0.05, 0) is 59.7 Å². The van der Waals surface area contributed by atoms with E-state index >= 15 is 0 Å². The van der Waals surface area contributed by atoms with Crippen molar-refractivity contribution in [3.63, 3.8) is 0 Å². The van der Waals surface area contributed by atoms with E-state index in [0.717, 1.165) is 38.8 Å². The van der Waals surface area contributed by atoms with Gasteiger partial charge in [-0.3, -0.25) is 0 Å². The van der Waals surface area contributed by atoms with Crippen LogP contribution in [-0.4, -0.2) is 23.6 Å². The van der Waals surface area contributed by atoms with Crippen LogP contribution in [0.3, 0.4) is 0 Å². The van der Waals surface area contributed by atoms with Crippen molar-refractivity contribution in [1.82, 2.24) is 9.97 Å². The van der Waals surface area contributed by atoms with Gasteiger partial charge in [0.1, 0.15) is 11.6 Å². The maximum Gasteiger partial charge on any atom is 0.161 e. The van der Waals surface area contributed by atoms with E-state index in [1.54, 1.807) is 7.11 Å². The summed E-state index contributed by atoms with van der Waals surface area (Å²) in [7, 11) is 1.66. The first kappa shape index (κ1) is 16.0. The molecule has 0 atom stereocenters. The highest BCUT2D eigenvalue weighted by Crippen LogP contribution is 2.28. The van der Waals surface area contributed by atoms with Crippen LogP contribution in [0.25, 0.3) is 11.4 Å². The fourth-order valence-corrected chi connectivity index (χ4v) is 3.06. The van der Waals surface area contributed by atoms with E-state index in [4.69, 9.17) is 9.72 Å². The molecule has 0 saturated heterocycles. The number of hydrogen-bond donors (Lipinski definition) is 1. The number of rotatable bonds is 5. The molecule has 5 heteroatoms. The first-order valence-corrected chi connectivity index (χ1v) is 8.10. The number of hydrogen-bond acceptors (Lipinski definition) is 4. The summed E-state index contributed by atoms with van der Waals surface area (Å²) in [5.41, 5.74) is 2.07. The molecule has 0 unspecified atom stereocenters. The molecular weight excluding hydrogens is 377 g/mol. The molecule has 21 heavy (non-hydrogen) atoms. The zero-order valence-electron chi connectivity index (χ0n) is 12.8. The Labute approximate surface area is 139 Å². The molecule has 0 bridgehead atoms. The van der Waals surface area contributed by atoms with Crippen LogP contribution in [0.4, 0.5) is 5.82 Å². The zero-order chi connectivity index (χ0) is 15.4. The van der Waals surface area contributed by atoms with Crippen LogP contribution >= 0.6 is 22.6 Å². The van der Waals surface area contributed by atoms with Gasteiger partial charge in [-0.1, -0.05) is 13.8 Å². The van der Waals surface area contributed by atoms with Gasteiger partial charge in [-0.2, -0.15) is 0 Å². The molecule has 0 radical (unpaired) electrons. The summed E-state index contributed by atoms with van der Waals surface area (Å²) < 4.78 is 6.29. The first-order chi connectivity index (χ1) is 10.1. The molecule has 0 aliphatic carbocycles. The lowest BCUT2D eigenvalue weighted by Crippen LogP contribution is -2.09. The number of anilines is 1. The highest BCUT2D eigenvalue weighted by Gasteiger charge is 2.15. The van der Waals surface area contributed by atoms with Crippen LogP contribution in [0.2, 0.25) is 0 Å². The van der Waals surface area contributed by atoms with E-state index in [0.29, 0.717) is 5.92 Å². The molecule has 1 aromatic carbocycles. The average molecular weight is 397 g/mol. The molecule has 1 heterocycles. The van der Waals surface area contributed by atoms with Crippen LogP contribution in [-0.2, 0) is 0 Å². The van der Waals surface area contributed by atoms with E-state index in [2.05, 4.69) is 53.7 Å². The second kappa shape index (κ2) is 7.06. The molecule has 0 aliphatic rings. The Hall–Kier alpha value is -1.37. The fourth-order valence-electron chi connectivity index (χ4n) is 2.00. The minimum atomic E-state index is 0.356. The van der Waals surface area contributed by atoms with Gasteiger partial charge in [0.25, 0.3) is 0 Å². The summed E-state index contributed by atoms with van der Waals surface area (Å²) in [5.74, 6) is 2.84. The molecule has 4 nitrogen and oxygen atoms in total. The molecule has 0 fully saturated rings. The summed E-state index contributed by atoms with van der Waals surface area (Å²) in [4.78, 5) is 9.40. The first-order valence-electron chi connectivity index (χ1n) is 7.02. The van der Waals surface area contributed by atoms with Crippen molar-refractivity contribution >= 4 is 28.4 Å². The summed E-state index contributed by atoms with van der Waals surface area (Å²) in [6.07, 6.45) is 0. The predicted octanol–water partition coefficient (Wildman–Crippen LogP) is 4.31. The third-order valence-corrected chi connectivity index (χ3v) is 4.18. The quantitative estimate of drug-likeness (QED) is 0.764. The van der Waals surface area contributed by atoms with Crippen molar-refractivity contribution in [2.45, 2.75) is 26.7 Å². The van der Waals surface area contributed by atoms with E-state index in [1.807, 2.05) is 24.3 Å². The normalized spacial score (nSPS) is 10.8. The smallest absolute Gasteiger partial charge is 0.161 e. The number of methoxy groups -OCH3 is 1. The molecule has 0 spiro atoms. The summed E-state index contributed by atoms with van der Waals surface area (Å²) >= 11 is 2.32. The van der Waals surface area contributed by atoms with Crippen molar-refractivity contribution in [1.29, 1.82) is 0 Å². The summed E-state index contributed by atoms with van der Waals surface area (Å²) in [6, 6.07) is 7.83. The Kier molecular flexibility index (Phi) is 5.39. The topological polar surface area (TPSA) is 47.0 Å². The van der Waals surface area contributed by atoms with Crippen molar-refractivity contribution in [3.8, 4) is 17.1 Å². The highest BCUT2D eigenvalue weighted by atomic mass is 127. The molecule has 0 aliphatic heterocycles. The maximum atomic E-state index is 5.19. The molecule has 0 amide bonds. The van der Waals surface area contributed by atoms with Crippen LogP contribution < -0.4 is 10.1 Å². The molecular formula is C16H20IN3O. The minimum Gasteiger partial charge on any atom is -0.497 e. The Morgan fingerprint density at radius 2 is 1.86 bits per heavy atom. The Balaban J connectivity index is 2.51. The van der Waals surface area contributed by atoms with Crippen molar-refractivity contribution in [2.24, 2.45) is 0 Å². The van der Waals surface area contributed by atoms with Crippen LogP contribution in [0.1, 0.15) is 32.4 Å². The van der Waals surface area contributed by atoms with Gasteiger partial charge in [-0.25, -0.2) is 9.97 Å². The fraction of sp³-hybridized carbons (Fsp3) is 0.375. The summed E-state index contributed by atoms with van der Waals surface area (Å²) in [5, 5.41) is 3.32. The molecule has 2 aromatic rings. The number of benzene rings is 1. The molecule has 112 valence electrons. The largest absolute Gasteiger partial charge is 0.497 e. The molecule has 1 N–H and O–H groups in total. The maximum absolute atomic E-state index is 5.19. The number of ether oxygens (including phenoxy) is 1. The van der Waals surface area contributed by atoms with Crippen LogP contribution in [0.15, 0.2) is 24.3 Å². The van der Waals surface area contributed by atoms with E-state index < -0.39 is 0 Å². The lowest BCUT2D eigenvalue weighted by molar-refractivity contribution is 0.415. The van der Waals surface area contributed by atoms with Gasteiger partial charge in [0.05, 0.1) is 16.4 Å². The van der Waals surface area contributed by atoms with Crippen molar-refractivity contribution in [3.05, 3.63) is 33.5 Å². The lowest BCUT2D eigenvalue weighted by atomic mass is 10.1. The number of halogens is 1. The van der Waals surface area contributed by atoms with Gasteiger partial charge >= 0.3 is 0 Å². The van der Waals surface area contributed by atoms with Gasteiger partial charge in [0, 0.05) is 12.1 Å². The van der Waals surface area contributed by atoms with E-state index in [-0.39, 0.29) is 0 Å². The third kappa shape index (κ3) is 3.64. The lowest BCUT2D eigenvalue weighted by Gasteiger charge is -2.14. The molecule has 1 aromatic heterocycles. The highest BCUT2D eigenvalue weighted by molar-refractivity contribution is 14.1. The number of nitrogens with zero attached hydrogens (tertiary/aromatic N) is 2. The SMILES string of the molecule is CCNc1nc(-c2ccc(OC)cc2)nc(C(C)C)c1I. The standard InChI is InChI=1S/C16H20IN3O/c1-5-18-16-13(17)14(10(2)3)19-15(20-16)11-6-8-12(21-4)9-7-11/h6-10H,5H2,1-4H3,(H,18,19,20). The van der Waals surface area contributed by atoms with Crippen molar-refractivity contribution < 1.29 is 4.74 Å². The molecule has 0 saturated carbocycles. The van der Waals surface area contributed by atoms with Gasteiger partial charge < -0.3 is 10.1 Å². The second-order valence-electron chi connectivity index (χ2n) is 5.01. The van der Waals surface area contributed by atoms with Gasteiger partial charge in [-0.15, -0.1) is 0 Å². The van der Waals surface area contributed by atoms with Gasteiger partial charge in [0.2, 0.25) is 0 Å². The average Bonchev–Trinajstić information content (AvgIpc) is 2.49. The van der Waals surface area contributed by atoms with Crippen LogP contribution in [0, 0.1) is 3.57 Å². The number of aromatic nitrogens is 2. The van der Waals surface area contributed by atoms with Crippen LogP contribution in [0.5, 0.6) is 5.75 Å². The second-order valence-corrected chi connectivity index (χ2v) is 6.09. The minimum absolute atomic E-state index is 0.356.